The van der Waals surface area contributed by atoms with Gasteiger partial charge in [-0.15, -0.1) is 16.4 Å². The van der Waals surface area contributed by atoms with Crippen LogP contribution in [0, 0.1) is 0 Å². The lowest BCUT2D eigenvalue weighted by Crippen LogP contribution is -2.19. The second-order valence-electron chi connectivity index (χ2n) is 7.00. The molecule has 0 saturated heterocycles. The summed E-state index contributed by atoms with van der Waals surface area (Å²) in [7, 11) is 0. The van der Waals surface area contributed by atoms with Gasteiger partial charge in [-0.25, -0.2) is 9.67 Å². The molecule has 156 valence electrons. The Morgan fingerprint density at radius 3 is 2.77 bits per heavy atom. The molecule has 0 fully saturated rings. The number of thiophene rings is 1. The summed E-state index contributed by atoms with van der Waals surface area (Å²) in [5.74, 6) is 0.756. The lowest BCUT2D eigenvalue weighted by molar-refractivity contribution is 0.559. The highest BCUT2D eigenvalue weighted by Gasteiger charge is 2.22. The van der Waals surface area contributed by atoms with E-state index < -0.39 is 0 Å². The van der Waals surface area contributed by atoms with E-state index in [-0.39, 0.29) is 6.04 Å². The van der Waals surface area contributed by atoms with Gasteiger partial charge in [0.15, 0.2) is 5.82 Å². The second-order valence-corrected chi connectivity index (χ2v) is 9.87. The number of aromatic nitrogens is 6. The van der Waals surface area contributed by atoms with Gasteiger partial charge in [0.25, 0.3) is 0 Å². The number of nitrogens with zero attached hydrogens (tertiary/aromatic N) is 5. The Morgan fingerprint density at radius 2 is 1.97 bits per heavy atom. The number of anilines is 1. The fourth-order valence-electron chi connectivity index (χ4n) is 3.48. The maximum Gasteiger partial charge on any atom is 0.178 e. The van der Waals surface area contributed by atoms with Gasteiger partial charge in [-0.05, 0) is 63.8 Å². The van der Waals surface area contributed by atoms with Crippen LogP contribution in [0.25, 0.3) is 11.0 Å². The molecule has 0 bridgehead atoms. The van der Waals surface area contributed by atoms with Crippen LogP contribution in [-0.2, 0) is 13.0 Å². The number of tetrazole rings is 1. The topological polar surface area (TPSA) is 84.3 Å². The number of hydrogen-bond acceptors (Lipinski definition) is 6. The minimum absolute atomic E-state index is 0.243. The van der Waals surface area contributed by atoms with Crippen LogP contribution in [-0.4, -0.2) is 30.2 Å². The van der Waals surface area contributed by atoms with Crippen molar-refractivity contribution >= 4 is 59.9 Å². The van der Waals surface area contributed by atoms with Gasteiger partial charge < -0.3 is 10.3 Å². The summed E-state index contributed by atoms with van der Waals surface area (Å²) in [6.45, 7) is 0.704. The molecule has 7 nitrogen and oxygen atoms in total. The number of rotatable bonds is 7. The minimum Gasteiger partial charge on any atom is -0.371 e. The molecule has 0 spiro atoms. The molecule has 0 aliphatic carbocycles. The van der Waals surface area contributed by atoms with Gasteiger partial charge >= 0.3 is 0 Å². The van der Waals surface area contributed by atoms with Crippen molar-refractivity contribution in [3.05, 3.63) is 85.4 Å². The number of aromatic amines is 1. The van der Waals surface area contributed by atoms with E-state index >= 15 is 0 Å². The van der Waals surface area contributed by atoms with Crippen molar-refractivity contribution in [2.75, 3.05) is 5.32 Å². The molecule has 2 aromatic carbocycles. The zero-order valence-electron chi connectivity index (χ0n) is 16.2. The van der Waals surface area contributed by atoms with Gasteiger partial charge in [-0.1, -0.05) is 37.9 Å². The molecular formula is C21H17Br2N7S. The number of halogens is 2. The summed E-state index contributed by atoms with van der Waals surface area (Å²) < 4.78 is 3.83. The van der Waals surface area contributed by atoms with Crippen LogP contribution < -0.4 is 5.32 Å². The van der Waals surface area contributed by atoms with Crippen LogP contribution in [0.4, 0.5) is 5.69 Å². The van der Waals surface area contributed by atoms with Crippen molar-refractivity contribution in [3.8, 4) is 0 Å². The lowest BCUT2D eigenvalue weighted by atomic mass is 10.1. The first-order valence-electron chi connectivity index (χ1n) is 9.60. The highest BCUT2D eigenvalue weighted by molar-refractivity contribution is 9.11. The van der Waals surface area contributed by atoms with Gasteiger partial charge in [0.05, 0.1) is 17.4 Å². The van der Waals surface area contributed by atoms with Crippen LogP contribution in [0.2, 0.25) is 0 Å². The number of aryl methyl sites for hydroxylation is 2. The van der Waals surface area contributed by atoms with Gasteiger partial charge in [0.2, 0.25) is 0 Å². The fourth-order valence-corrected chi connectivity index (χ4v) is 5.51. The summed E-state index contributed by atoms with van der Waals surface area (Å²) in [6.07, 6.45) is 2.58. The molecule has 0 amide bonds. The van der Waals surface area contributed by atoms with E-state index in [0.717, 1.165) is 43.5 Å². The van der Waals surface area contributed by atoms with Gasteiger partial charge in [0, 0.05) is 32.5 Å². The molecule has 3 heterocycles. The fraction of sp³-hybridized carbons (Fsp3) is 0.143. The molecule has 3 aromatic heterocycles. The van der Waals surface area contributed by atoms with E-state index in [4.69, 9.17) is 0 Å². The number of benzene rings is 2. The second kappa shape index (κ2) is 8.89. The van der Waals surface area contributed by atoms with Crippen molar-refractivity contribution in [2.45, 2.75) is 19.0 Å². The van der Waals surface area contributed by atoms with E-state index in [9.17, 15) is 0 Å². The Hall–Kier alpha value is -2.56. The summed E-state index contributed by atoms with van der Waals surface area (Å²) in [4.78, 5) is 8.77. The molecule has 0 aliphatic rings. The van der Waals surface area contributed by atoms with Crippen LogP contribution in [0.5, 0.6) is 0 Å². The van der Waals surface area contributed by atoms with E-state index in [1.165, 1.54) is 4.88 Å². The van der Waals surface area contributed by atoms with E-state index in [1.54, 1.807) is 17.7 Å². The first-order chi connectivity index (χ1) is 15.2. The molecule has 1 unspecified atom stereocenters. The summed E-state index contributed by atoms with van der Waals surface area (Å²) in [5.41, 5.74) is 3.88. The largest absolute Gasteiger partial charge is 0.371 e. The number of imidazole rings is 1. The quantitative estimate of drug-likeness (QED) is 0.272. The zero-order chi connectivity index (χ0) is 21.2. The number of fused-ring (bicyclic) bond motifs is 1. The molecule has 0 radical (unpaired) electrons. The first-order valence-corrected chi connectivity index (χ1v) is 12.1. The Morgan fingerprint density at radius 1 is 1.10 bits per heavy atom. The predicted octanol–water partition coefficient (Wildman–Crippen LogP) is 5.58. The van der Waals surface area contributed by atoms with Gasteiger partial charge in [-0.3, -0.25) is 0 Å². The van der Waals surface area contributed by atoms with E-state index in [2.05, 4.69) is 92.3 Å². The SMILES string of the molecule is Brc1cc(Br)cc(C(Nc2ccc3nc[nH]c3c2)c2nnnn2CCc2cccs2)c1. The monoisotopic (exact) mass is 557 g/mol. The van der Waals surface area contributed by atoms with Crippen molar-refractivity contribution < 1.29 is 0 Å². The van der Waals surface area contributed by atoms with Crippen LogP contribution in [0.3, 0.4) is 0 Å². The number of hydrogen-bond donors (Lipinski definition) is 2. The molecule has 31 heavy (non-hydrogen) atoms. The standard InChI is InChI=1S/C21H17Br2N7S/c22-14-8-13(9-15(23)10-14)20(26-16-3-4-18-19(11-16)25-12-24-18)21-27-28-29-30(21)6-5-17-2-1-7-31-17/h1-4,7-12,20,26H,5-6H2,(H,24,25). The van der Waals surface area contributed by atoms with Crippen molar-refractivity contribution in [2.24, 2.45) is 0 Å². The van der Waals surface area contributed by atoms with E-state index in [0.29, 0.717) is 6.54 Å². The third kappa shape index (κ3) is 4.56. The van der Waals surface area contributed by atoms with Gasteiger partial charge in [0.1, 0.15) is 6.04 Å². The zero-order valence-corrected chi connectivity index (χ0v) is 20.2. The number of nitrogens with one attached hydrogen (secondary N) is 2. The Balaban J connectivity index is 1.51. The molecule has 0 aliphatic heterocycles. The molecular weight excluding hydrogens is 542 g/mol. The van der Waals surface area contributed by atoms with Crippen molar-refractivity contribution in [1.29, 1.82) is 0 Å². The number of H-pyrrole nitrogens is 1. The third-order valence-electron chi connectivity index (χ3n) is 4.92. The molecule has 5 aromatic rings. The molecule has 0 saturated carbocycles. The lowest BCUT2D eigenvalue weighted by Gasteiger charge is -2.20. The average molecular weight is 559 g/mol. The van der Waals surface area contributed by atoms with Crippen LogP contribution in [0.1, 0.15) is 22.3 Å². The third-order valence-corrected chi connectivity index (χ3v) is 6.77. The average Bonchev–Trinajstić information content (AvgIpc) is 3.51. The normalized spacial score (nSPS) is 12.3. The summed E-state index contributed by atoms with van der Waals surface area (Å²) in [5, 5.41) is 18.4. The summed E-state index contributed by atoms with van der Waals surface area (Å²) >= 11 is 8.95. The molecule has 10 heteroatoms. The maximum absolute atomic E-state index is 4.39. The van der Waals surface area contributed by atoms with Crippen LogP contribution in [0.15, 0.2) is 69.2 Å². The molecule has 5 rings (SSSR count). The highest BCUT2D eigenvalue weighted by atomic mass is 79.9. The minimum atomic E-state index is -0.243. The van der Waals surface area contributed by atoms with Crippen molar-refractivity contribution in [3.63, 3.8) is 0 Å². The first kappa shape index (κ1) is 20.3. The highest BCUT2D eigenvalue weighted by Crippen LogP contribution is 2.31. The predicted molar refractivity (Wildman–Crippen MR) is 129 cm³/mol. The maximum atomic E-state index is 4.39. The van der Waals surface area contributed by atoms with Crippen molar-refractivity contribution in [1.82, 2.24) is 30.2 Å². The van der Waals surface area contributed by atoms with E-state index in [1.807, 2.05) is 28.9 Å². The Labute approximate surface area is 199 Å². The van der Waals surface area contributed by atoms with Gasteiger partial charge in [-0.2, -0.15) is 0 Å². The molecule has 1 atom stereocenters. The Bertz CT molecular complexity index is 1290. The molecule has 2 N–H and O–H groups in total. The summed E-state index contributed by atoms with van der Waals surface area (Å²) in [6, 6.07) is 16.2. The Kier molecular flexibility index (Phi) is 5.84. The smallest absolute Gasteiger partial charge is 0.178 e. The van der Waals surface area contributed by atoms with Crippen LogP contribution >= 0.6 is 43.2 Å².